The molecule has 2 N–H and O–H groups in total. The van der Waals surface area contributed by atoms with Crippen molar-refractivity contribution in [1.29, 1.82) is 0 Å². The molecule has 2 nitrogen and oxygen atoms in total. The van der Waals surface area contributed by atoms with Crippen molar-refractivity contribution in [2.45, 2.75) is 19.9 Å². The summed E-state index contributed by atoms with van der Waals surface area (Å²) >= 11 is 8.38. The van der Waals surface area contributed by atoms with Gasteiger partial charge in [-0.2, -0.15) is 0 Å². The highest BCUT2D eigenvalue weighted by Gasteiger charge is 2.13. The lowest BCUT2D eigenvalue weighted by atomic mass is 9.96. The molecule has 2 aromatic carbocycles. The number of hydrogen-bond donors (Lipinski definition) is 1. The molecule has 20 heavy (non-hydrogen) atoms. The molecule has 0 spiro atoms. The van der Waals surface area contributed by atoms with E-state index >= 15 is 0 Å². The average molecular weight is 402 g/mol. The van der Waals surface area contributed by atoms with Crippen LogP contribution >= 0.6 is 34.2 Å². The normalized spacial score (nSPS) is 12.3. The fourth-order valence-corrected chi connectivity index (χ4v) is 2.91. The molecule has 0 amide bonds. The number of hydrogen-bond acceptors (Lipinski definition) is 2. The van der Waals surface area contributed by atoms with E-state index in [1.807, 2.05) is 32.0 Å². The fraction of sp³-hybridized carbons (Fsp3) is 0.250. The highest BCUT2D eigenvalue weighted by molar-refractivity contribution is 14.1. The molecule has 0 heterocycles. The lowest BCUT2D eigenvalue weighted by molar-refractivity contribution is 0.408. The maximum absolute atomic E-state index is 6.36. The van der Waals surface area contributed by atoms with Crippen molar-refractivity contribution in [2.24, 2.45) is 5.73 Å². The van der Waals surface area contributed by atoms with Crippen LogP contribution in [-0.4, -0.2) is 7.11 Å². The Morgan fingerprint density at radius 3 is 2.20 bits per heavy atom. The van der Waals surface area contributed by atoms with E-state index in [0.717, 1.165) is 36.6 Å². The summed E-state index contributed by atoms with van der Waals surface area (Å²) in [6.45, 7) is 4.06. The average Bonchev–Trinajstić information content (AvgIpc) is 2.40. The zero-order valence-electron chi connectivity index (χ0n) is 11.7. The van der Waals surface area contributed by atoms with Gasteiger partial charge >= 0.3 is 0 Å². The summed E-state index contributed by atoms with van der Waals surface area (Å²) in [5, 5.41) is 0.737. The van der Waals surface area contributed by atoms with E-state index in [-0.39, 0.29) is 6.04 Å². The van der Waals surface area contributed by atoms with Gasteiger partial charge in [0.2, 0.25) is 0 Å². The Labute approximate surface area is 138 Å². The first-order chi connectivity index (χ1) is 9.43. The second-order valence-corrected chi connectivity index (χ2v) is 6.41. The number of halogens is 2. The number of nitrogens with two attached hydrogens (primary N) is 1. The van der Waals surface area contributed by atoms with Crippen LogP contribution in [0.25, 0.3) is 0 Å². The first-order valence-corrected chi connectivity index (χ1v) is 7.75. The molecular formula is C16H17ClINO. The Kier molecular flexibility index (Phi) is 4.94. The number of aryl methyl sites for hydroxylation is 2. The minimum Gasteiger partial charge on any atom is -0.496 e. The molecule has 0 fully saturated rings. The van der Waals surface area contributed by atoms with Gasteiger partial charge in [-0.15, -0.1) is 0 Å². The van der Waals surface area contributed by atoms with Crippen molar-refractivity contribution in [2.75, 3.05) is 7.11 Å². The number of ether oxygens (including phenoxy) is 1. The second-order valence-electron chi connectivity index (χ2n) is 4.84. The van der Waals surface area contributed by atoms with Crippen LogP contribution in [0, 0.1) is 17.4 Å². The summed E-state index contributed by atoms with van der Waals surface area (Å²) in [4.78, 5) is 0. The Bertz CT molecular complexity index is 619. The van der Waals surface area contributed by atoms with Crippen LogP contribution in [0.1, 0.15) is 28.3 Å². The van der Waals surface area contributed by atoms with Gasteiger partial charge in [0.1, 0.15) is 5.75 Å². The number of methoxy groups -OCH3 is 1. The van der Waals surface area contributed by atoms with Gasteiger partial charge < -0.3 is 10.5 Å². The predicted molar refractivity (Wildman–Crippen MR) is 92.7 cm³/mol. The molecule has 106 valence electrons. The van der Waals surface area contributed by atoms with Gasteiger partial charge in [0, 0.05) is 3.57 Å². The zero-order valence-corrected chi connectivity index (χ0v) is 14.6. The van der Waals surface area contributed by atoms with E-state index in [9.17, 15) is 0 Å². The maximum atomic E-state index is 6.36. The molecule has 4 heteroatoms. The Morgan fingerprint density at radius 1 is 1.10 bits per heavy atom. The van der Waals surface area contributed by atoms with Crippen LogP contribution in [0.4, 0.5) is 0 Å². The predicted octanol–water partition coefficient (Wildman–Crippen LogP) is 4.62. The van der Waals surface area contributed by atoms with Crippen LogP contribution in [0.2, 0.25) is 5.02 Å². The van der Waals surface area contributed by atoms with Gasteiger partial charge in [0.15, 0.2) is 0 Å². The summed E-state index contributed by atoms with van der Waals surface area (Å²) in [6, 6.07) is 9.90. The molecule has 0 aliphatic heterocycles. The van der Waals surface area contributed by atoms with E-state index in [0.29, 0.717) is 0 Å². The molecule has 0 radical (unpaired) electrons. The molecule has 2 aromatic rings. The minimum absolute atomic E-state index is 0.187. The maximum Gasteiger partial charge on any atom is 0.124 e. The largest absolute Gasteiger partial charge is 0.496 e. The Morgan fingerprint density at radius 2 is 1.70 bits per heavy atom. The third-order valence-electron chi connectivity index (χ3n) is 3.35. The highest BCUT2D eigenvalue weighted by Crippen LogP contribution is 2.30. The lowest BCUT2D eigenvalue weighted by Gasteiger charge is -2.17. The quantitative estimate of drug-likeness (QED) is 0.762. The fourth-order valence-electron chi connectivity index (χ4n) is 2.38. The smallest absolute Gasteiger partial charge is 0.124 e. The third kappa shape index (κ3) is 3.10. The van der Waals surface area contributed by atoms with E-state index < -0.39 is 0 Å². The van der Waals surface area contributed by atoms with Crippen molar-refractivity contribution in [3.63, 3.8) is 0 Å². The van der Waals surface area contributed by atoms with Crippen LogP contribution in [0.15, 0.2) is 30.3 Å². The van der Waals surface area contributed by atoms with Crippen molar-refractivity contribution < 1.29 is 4.74 Å². The van der Waals surface area contributed by atoms with Gasteiger partial charge in [0.05, 0.1) is 18.2 Å². The molecule has 1 unspecified atom stereocenters. The summed E-state index contributed by atoms with van der Waals surface area (Å²) in [5.41, 5.74) is 10.6. The Hall–Kier alpha value is -0.780. The van der Waals surface area contributed by atoms with Crippen molar-refractivity contribution in [3.8, 4) is 5.75 Å². The van der Waals surface area contributed by atoms with Gasteiger partial charge in [-0.05, 0) is 70.8 Å². The van der Waals surface area contributed by atoms with E-state index in [1.54, 1.807) is 7.11 Å². The molecule has 0 aliphatic carbocycles. The Balaban J connectivity index is 2.42. The van der Waals surface area contributed by atoms with Gasteiger partial charge in [-0.25, -0.2) is 0 Å². The van der Waals surface area contributed by atoms with Crippen LogP contribution < -0.4 is 10.5 Å². The monoisotopic (exact) mass is 401 g/mol. The van der Waals surface area contributed by atoms with Gasteiger partial charge in [-0.1, -0.05) is 29.8 Å². The van der Waals surface area contributed by atoms with Gasteiger partial charge in [0.25, 0.3) is 0 Å². The molecule has 0 saturated heterocycles. The summed E-state index contributed by atoms with van der Waals surface area (Å²) in [7, 11) is 1.69. The van der Waals surface area contributed by atoms with E-state index in [2.05, 4.69) is 34.7 Å². The van der Waals surface area contributed by atoms with E-state index in [4.69, 9.17) is 22.1 Å². The minimum atomic E-state index is -0.187. The molecular weight excluding hydrogens is 385 g/mol. The van der Waals surface area contributed by atoms with Crippen molar-refractivity contribution in [3.05, 3.63) is 61.2 Å². The van der Waals surface area contributed by atoms with Crippen LogP contribution in [0.5, 0.6) is 5.75 Å². The van der Waals surface area contributed by atoms with Crippen molar-refractivity contribution >= 4 is 34.2 Å². The second kappa shape index (κ2) is 6.33. The highest BCUT2D eigenvalue weighted by atomic mass is 127. The summed E-state index contributed by atoms with van der Waals surface area (Å²) in [5.74, 6) is 0.918. The molecule has 0 aromatic heterocycles. The van der Waals surface area contributed by atoms with E-state index in [1.165, 1.54) is 0 Å². The molecule has 0 saturated carbocycles. The SMILES string of the molecule is COc1c(C)cc(C(N)c2ccc(I)c(Cl)c2)cc1C. The topological polar surface area (TPSA) is 35.2 Å². The first kappa shape index (κ1) is 15.6. The first-order valence-electron chi connectivity index (χ1n) is 6.29. The molecule has 2 rings (SSSR count). The summed E-state index contributed by atoms with van der Waals surface area (Å²) < 4.78 is 6.42. The molecule has 0 bridgehead atoms. The molecule has 1 atom stereocenters. The third-order valence-corrected chi connectivity index (χ3v) is 4.92. The van der Waals surface area contributed by atoms with Crippen LogP contribution in [0.3, 0.4) is 0 Å². The zero-order chi connectivity index (χ0) is 14.9. The molecule has 0 aliphatic rings. The number of benzene rings is 2. The number of rotatable bonds is 3. The van der Waals surface area contributed by atoms with Crippen molar-refractivity contribution in [1.82, 2.24) is 0 Å². The van der Waals surface area contributed by atoms with Gasteiger partial charge in [-0.3, -0.25) is 0 Å². The standard InChI is InChI=1S/C16H17ClINO/c1-9-6-12(7-10(2)16(9)20-3)15(19)11-4-5-14(18)13(17)8-11/h4-8,15H,19H2,1-3H3. The van der Waals surface area contributed by atoms with Crippen LogP contribution in [-0.2, 0) is 0 Å². The lowest BCUT2D eigenvalue weighted by Crippen LogP contribution is -2.12. The summed E-state index contributed by atoms with van der Waals surface area (Å²) in [6.07, 6.45) is 0.